The molecule has 0 bridgehead atoms. The highest BCUT2D eigenvalue weighted by molar-refractivity contribution is 7.89. The molecule has 0 N–H and O–H groups in total. The van der Waals surface area contributed by atoms with E-state index in [1.165, 1.54) is 0 Å². The van der Waals surface area contributed by atoms with E-state index in [1.807, 2.05) is 32.0 Å². The quantitative estimate of drug-likeness (QED) is 0.360. The molecule has 7 nitrogen and oxygen atoms in total. The molecule has 0 unspecified atom stereocenters. The summed E-state index contributed by atoms with van der Waals surface area (Å²) in [5.74, 6) is -0.331. The van der Waals surface area contributed by atoms with Crippen LogP contribution >= 0.6 is 0 Å². The monoisotopic (exact) mass is 479 g/mol. The fraction of sp³-hybridized carbons (Fsp3) is 0.308. The van der Waals surface area contributed by atoms with Crippen LogP contribution in [0.5, 0.6) is 0 Å². The van der Waals surface area contributed by atoms with Crippen molar-refractivity contribution in [3.63, 3.8) is 0 Å². The largest absolute Gasteiger partial charge is 0.462 e. The zero-order valence-corrected chi connectivity index (χ0v) is 20.5. The summed E-state index contributed by atoms with van der Waals surface area (Å²) in [6.07, 6.45) is 3.61. The Hall–Kier alpha value is -3.23. The van der Waals surface area contributed by atoms with Crippen LogP contribution in [0.2, 0.25) is 0 Å². The second-order valence-corrected chi connectivity index (χ2v) is 10.2. The van der Waals surface area contributed by atoms with Gasteiger partial charge in [-0.1, -0.05) is 0 Å². The van der Waals surface area contributed by atoms with E-state index in [4.69, 9.17) is 4.74 Å². The van der Waals surface area contributed by atoms with E-state index in [9.17, 15) is 13.2 Å². The van der Waals surface area contributed by atoms with Gasteiger partial charge in [-0.2, -0.15) is 4.31 Å². The molecule has 0 saturated carbocycles. The standard InChI is InChI=1S/C26H29N3O4S/c1-4-33-26(30)21-7-11-24(12-8-21)29-19(2)17-22(20(29)3)18-27-23-9-13-25(14-10-23)34(31,32)28-15-5-6-16-28/h7-14,17-18H,4-6,15-16H2,1-3H3. The molecule has 178 valence electrons. The predicted molar refractivity (Wildman–Crippen MR) is 133 cm³/mol. The van der Waals surface area contributed by atoms with Crippen molar-refractivity contribution in [1.29, 1.82) is 0 Å². The summed E-state index contributed by atoms with van der Waals surface area (Å²) < 4.78 is 34.1. The molecule has 1 fully saturated rings. The van der Waals surface area contributed by atoms with Crippen molar-refractivity contribution in [1.82, 2.24) is 8.87 Å². The van der Waals surface area contributed by atoms with Gasteiger partial charge in [0.1, 0.15) is 0 Å². The number of aliphatic imine (C=N–C) groups is 1. The van der Waals surface area contributed by atoms with Gasteiger partial charge in [-0.15, -0.1) is 0 Å². The van der Waals surface area contributed by atoms with Gasteiger partial charge in [0.25, 0.3) is 0 Å². The minimum absolute atomic E-state index is 0.304. The van der Waals surface area contributed by atoms with Gasteiger partial charge in [0, 0.05) is 41.9 Å². The minimum Gasteiger partial charge on any atom is -0.462 e. The van der Waals surface area contributed by atoms with Gasteiger partial charge in [-0.3, -0.25) is 4.99 Å². The molecule has 2 heterocycles. The summed E-state index contributed by atoms with van der Waals surface area (Å²) >= 11 is 0. The number of carbonyl (C=O) groups is 1. The Morgan fingerprint density at radius 3 is 2.29 bits per heavy atom. The first-order chi connectivity index (χ1) is 16.3. The number of aryl methyl sites for hydroxylation is 1. The van der Waals surface area contributed by atoms with E-state index < -0.39 is 10.0 Å². The molecule has 8 heteroatoms. The van der Waals surface area contributed by atoms with Crippen molar-refractivity contribution in [2.45, 2.75) is 38.5 Å². The Morgan fingerprint density at radius 1 is 1.03 bits per heavy atom. The molecule has 2 aromatic carbocycles. The average Bonchev–Trinajstić information content (AvgIpc) is 3.47. The molecule has 1 aliphatic heterocycles. The van der Waals surface area contributed by atoms with E-state index in [-0.39, 0.29) is 5.97 Å². The summed E-state index contributed by atoms with van der Waals surface area (Å²) in [7, 11) is -3.42. The number of ether oxygens (including phenoxy) is 1. The van der Waals surface area contributed by atoms with Crippen LogP contribution in [0.15, 0.2) is 64.5 Å². The van der Waals surface area contributed by atoms with Gasteiger partial charge in [0.2, 0.25) is 10.0 Å². The fourth-order valence-electron chi connectivity index (χ4n) is 4.20. The lowest BCUT2D eigenvalue weighted by Crippen LogP contribution is -2.27. The third kappa shape index (κ3) is 4.83. The van der Waals surface area contributed by atoms with E-state index in [0.717, 1.165) is 35.5 Å². The highest BCUT2D eigenvalue weighted by Gasteiger charge is 2.26. The van der Waals surface area contributed by atoms with Crippen molar-refractivity contribution < 1.29 is 17.9 Å². The zero-order valence-electron chi connectivity index (χ0n) is 19.7. The van der Waals surface area contributed by atoms with Gasteiger partial charge in [0.15, 0.2) is 0 Å². The first kappa shape index (κ1) is 23.9. The molecular weight excluding hydrogens is 450 g/mol. The molecule has 0 atom stereocenters. The van der Waals surface area contributed by atoms with E-state index >= 15 is 0 Å². The smallest absolute Gasteiger partial charge is 0.338 e. The molecule has 0 aliphatic carbocycles. The Balaban J connectivity index is 1.52. The summed E-state index contributed by atoms with van der Waals surface area (Å²) in [6.45, 7) is 7.33. The second kappa shape index (κ2) is 9.95. The number of sulfonamides is 1. The Labute approximate surface area is 200 Å². The van der Waals surface area contributed by atoms with Gasteiger partial charge >= 0.3 is 5.97 Å². The first-order valence-corrected chi connectivity index (χ1v) is 12.9. The normalized spacial score (nSPS) is 14.7. The number of carbonyl (C=O) groups excluding carboxylic acids is 1. The highest BCUT2D eigenvalue weighted by Crippen LogP contribution is 2.24. The topological polar surface area (TPSA) is 81.0 Å². The van der Waals surface area contributed by atoms with Crippen LogP contribution in [0.1, 0.15) is 47.1 Å². The Bertz CT molecular complexity index is 1300. The zero-order chi connectivity index (χ0) is 24.3. The maximum atomic E-state index is 12.7. The number of nitrogens with zero attached hydrogens (tertiary/aromatic N) is 3. The molecule has 1 saturated heterocycles. The van der Waals surface area contributed by atoms with Gasteiger partial charge in [-0.25, -0.2) is 13.2 Å². The average molecular weight is 480 g/mol. The molecule has 1 aromatic heterocycles. The predicted octanol–water partition coefficient (Wildman–Crippen LogP) is 4.81. The summed E-state index contributed by atoms with van der Waals surface area (Å²) in [5.41, 5.74) is 5.15. The number of hydrogen-bond acceptors (Lipinski definition) is 5. The van der Waals surface area contributed by atoms with Crippen molar-refractivity contribution in [2.75, 3.05) is 19.7 Å². The van der Waals surface area contributed by atoms with Crippen LogP contribution < -0.4 is 0 Å². The first-order valence-electron chi connectivity index (χ1n) is 11.4. The summed E-state index contributed by atoms with van der Waals surface area (Å²) in [4.78, 5) is 16.8. The second-order valence-electron chi connectivity index (χ2n) is 8.29. The summed E-state index contributed by atoms with van der Waals surface area (Å²) in [6, 6.07) is 16.1. The molecule has 3 aromatic rings. The molecule has 0 spiro atoms. The third-order valence-electron chi connectivity index (χ3n) is 6.00. The van der Waals surface area contributed by atoms with Crippen LogP contribution in [-0.2, 0) is 14.8 Å². The SMILES string of the molecule is CCOC(=O)c1ccc(-n2c(C)cc(C=Nc3ccc(S(=O)(=O)N4CCCC4)cc3)c2C)cc1. The number of hydrogen-bond donors (Lipinski definition) is 0. The number of rotatable bonds is 7. The third-order valence-corrected chi connectivity index (χ3v) is 7.91. The molecule has 34 heavy (non-hydrogen) atoms. The van der Waals surface area contributed by atoms with Crippen molar-refractivity contribution in [2.24, 2.45) is 4.99 Å². The van der Waals surface area contributed by atoms with Crippen LogP contribution in [0.25, 0.3) is 5.69 Å². The number of benzene rings is 2. The molecule has 0 amide bonds. The van der Waals surface area contributed by atoms with Crippen molar-refractivity contribution in [3.8, 4) is 5.69 Å². The molecular formula is C26H29N3O4S. The Morgan fingerprint density at radius 2 is 1.68 bits per heavy atom. The van der Waals surface area contributed by atoms with Crippen LogP contribution in [0.3, 0.4) is 0 Å². The fourth-order valence-corrected chi connectivity index (χ4v) is 5.72. The number of aromatic nitrogens is 1. The maximum Gasteiger partial charge on any atom is 0.338 e. The highest BCUT2D eigenvalue weighted by atomic mass is 32.2. The minimum atomic E-state index is -3.42. The lowest BCUT2D eigenvalue weighted by Gasteiger charge is -2.15. The van der Waals surface area contributed by atoms with Crippen molar-refractivity contribution >= 4 is 27.9 Å². The van der Waals surface area contributed by atoms with E-state index in [1.54, 1.807) is 53.8 Å². The van der Waals surface area contributed by atoms with Crippen LogP contribution in [0.4, 0.5) is 5.69 Å². The Kier molecular flexibility index (Phi) is 7.00. The lowest BCUT2D eigenvalue weighted by molar-refractivity contribution is 0.0526. The number of esters is 1. The molecule has 0 radical (unpaired) electrons. The summed E-state index contributed by atoms with van der Waals surface area (Å²) in [5, 5.41) is 0. The van der Waals surface area contributed by atoms with Gasteiger partial charge in [0.05, 0.1) is 22.8 Å². The van der Waals surface area contributed by atoms with E-state index in [0.29, 0.717) is 35.8 Å². The van der Waals surface area contributed by atoms with Crippen LogP contribution in [-0.4, -0.2) is 49.2 Å². The van der Waals surface area contributed by atoms with Crippen molar-refractivity contribution in [3.05, 3.63) is 77.1 Å². The van der Waals surface area contributed by atoms with Gasteiger partial charge < -0.3 is 9.30 Å². The van der Waals surface area contributed by atoms with Gasteiger partial charge in [-0.05, 0) is 88.2 Å². The maximum absolute atomic E-state index is 12.7. The lowest BCUT2D eigenvalue weighted by atomic mass is 10.2. The molecule has 1 aliphatic rings. The van der Waals surface area contributed by atoms with E-state index in [2.05, 4.69) is 9.56 Å². The molecule has 4 rings (SSSR count). The van der Waals surface area contributed by atoms with Crippen LogP contribution in [0, 0.1) is 13.8 Å².